The predicted octanol–water partition coefficient (Wildman–Crippen LogP) is 2.29. The van der Waals surface area contributed by atoms with Crippen LogP contribution in [0.15, 0.2) is 18.2 Å². The zero-order valence-electron chi connectivity index (χ0n) is 12.2. The van der Waals surface area contributed by atoms with E-state index >= 15 is 0 Å². The van der Waals surface area contributed by atoms with Crippen LogP contribution in [0.4, 0.5) is 5.69 Å². The molecule has 3 rings (SSSR count). The molecule has 0 bridgehead atoms. The molecule has 1 heterocycles. The normalized spacial score (nSPS) is 23.6. The minimum atomic E-state index is -0.887. The summed E-state index contributed by atoms with van der Waals surface area (Å²) < 4.78 is 10.9. The number of anilines is 1. The summed E-state index contributed by atoms with van der Waals surface area (Å²) in [4.78, 5) is 23.7. The molecule has 1 aromatic rings. The van der Waals surface area contributed by atoms with Crippen LogP contribution < -0.4 is 14.8 Å². The van der Waals surface area contributed by atoms with Crippen molar-refractivity contribution >= 4 is 17.6 Å². The molecule has 1 saturated carbocycles. The highest BCUT2D eigenvalue weighted by Gasteiger charge is 2.35. The molecule has 22 heavy (non-hydrogen) atoms. The molecule has 2 N–H and O–H groups in total. The molecule has 1 aromatic carbocycles. The number of carbonyl (C=O) groups excluding carboxylic acids is 1. The van der Waals surface area contributed by atoms with Gasteiger partial charge in [0.2, 0.25) is 5.91 Å². The van der Waals surface area contributed by atoms with Crippen LogP contribution in [0.25, 0.3) is 0 Å². The van der Waals surface area contributed by atoms with E-state index in [-0.39, 0.29) is 5.91 Å². The number of hydrogen-bond acceptors (Lipinski definition) is 4. The van der Waals surface area contributed by atoms with E-state index in [4.69, 9.17) is 9.47 Å². The van der Waals surface area contributed by atoms with E-state index in [9.17, 15) is 14.7 Å². The lowest BCUT2D eigenvalue weighted by atomic mass is 9.78. The summed E-state index contributed by atoms with van der Waals surface area (Å²) in [5.74, 6) is -0.927. The Balaban J connectivity index is 1.71. The third-order valence-corrected chi connectivity index (χ3v) is 4.23. The Morgan fingerprint density at radius 2 is 1.73 bits per heavy atom. The molecule has 0 unspecified atom stereocenters. The number of ether oxygens (including phenoxy) is 2. The number of carbonyl (C=O) groups is 2. The van der Waals surface area contributed by atoms with E-state index in [1.165, 1.54) is 0 Å². The average molecular weight is 305 g/mol. The van der Waals surface area contributed by atoms with Crippen molar-refractivity contribution in [1.29, 1.82) is 0 Å². The molecule has 6 nitrogen and oxygen atoms in total. The van der Waals surface area contributed by atoms with E-state index in [1.807, 2.05) is 0 Å². The summed E-state index contributed by atoms with van der Waals surface area (Å²) in [6.07, 6.45) is 2.94. The Hall–Kier alpha value is -2.24. The third-order valence-electron chi connectivity index (χ3n) is 4.23. The van der Waals surface area contributed by atoms with Gasteiger partial charge in [0.15, 0.2) is 11.5 Å². The summed E-state index contributed by atoms with van der Waals surface area (Å²) >= 11 is 0. The van der Waals surface area contributed by atoms with Crippen LogP contribution in [0.2, 0.25) is 0 Å². The zero-order chi connectivity index (χ0) is 15.5. The lowest BCUT2D eigenvalue weighted by Gasteiger charge is -2.27. The van der Waals surface area contributed by atoms with Crippen LogP contribution in [-0.4, -0.2) is 30.2 Å². The van der Waals surface area contributed by atoms with Crippen molar-refractivity contribution in [3.05, 3.63) is 18.2 Å². The Morgan fingerprint density at radius 3 is 2.45 bits per heavy atom. The van der Waals surface area contributed by atoms with Gasteiger partial charge >= 0.3 is 5.97 Å². The van der Waals surface area contributed by atoms with Gasteiger partial charge in [-0.05, 0) is 25.0 Å². The number of carboxylic acid groups (broad SMARTS) is 1. The Morgan fingerprint density at radius 1 is 1.05 bits per heavy atom. The quantitative estimate of drug-likeness (QED) is 0.895. The van der Waals surface area contributed by atoms with Gasteiger partial charge in [0.1, 0.15) is 13.2 Å². The summed E-state index contributed by atoms with van der Waals surface area (Å²) in [5.41, 5.74) is 0.601. The molecule has 1 amide bonds. The minimum absolute atomic E-state index is 0.233. The molecule has 2 aliphatic rings. The maximum atomic E-state index is 12.4. The van der Waals surface area contributed by atoms with Gasteiger partial charge in [-0.15, -0.1) is 0 Å². The number of benzene rings is 1. The molecule has 0 radical (unpaired) electrons. The fourth-order valence-corrected chi connectivity index (χ4v) is 3.10. The molecule has 0 spiro atoms. The number of carboxylic acids is 1. The van der Waals surface area contributed by atoms with E-state index in [0.29, 0.717) is 43.2 Å². The van der Waals surface area contributed by atoms with Gasteiger partial charge in [-0.2, -0.15) is 0 Å². The fraction of sp³-hybridized carbons (Fsp3) is 0.500. The van der Waals surface area contributed by atoms with Crippen LogP contribution >= 0.6 is 0 Å². The maximum absolute atomic E-state index is 12.4. The molecule has 0 saturated heterocycles. The smallest absolute Gasteiger partial charge is 0.307 e. The van der Waals surface area contributed by atoms with E-state index < -0.39 is 17.8 Å². The monoisotopic (exact) mass is 305 g/mol. The first-order valence-corrected chi connectivity index (χ1v) is 7.58. The molecule has 0 aromatic heterocycles. The molecular formula is C16H19NO5. The van der Waals surface area contributed by atoms with Gasteiger partial charge in [-0.25, -0.2) is 0 Å². The molecule has 118 valence electrons. The van der Waals surface area contributed by atoms with Crippen molar-refractivity contribution in [3.8, 4) is 11.5 Å². The molecule has 1 aliphatic carbocycles. The van der Waals surface area contributed by atoms with Crippen LogP contribution in [0.3, 0.4) is 0 Å². The van der Waals surface area contributed by atoms with Crippen LogP contribution in [0.1, 0.15) is 25.7 Å². The highest BCUT2D eigenvalue weighted by atomic mass is 16.6. The zero-order valence-corrected chi connectivity index (χ0v) is 12.2. The first-order chi connectivity index (χ1) is 10.6. The highest BCUT2D eigenvalue weighted by molar-refractivity contribution is 5.95. The van der Waals surface area contributed by atoms with E-state index in [1.54, 1.807) is 18.2 Å². The fourth-order valence-electron chi connectivity index (χ4n) is 3.10. The largest absolute Gasteiger partial charge is 0.486 e. The van der Waals surface area contributed by atoms with Gasteiger partial charge in [0, 0.05) is 11.8 Å². The molecule has 6 heteroatoms. The van der Waals surface area contributed by atoms with Gasteiger partial charge in [0.05, 0.1) is 11.8 Å². The van der Waals surface area contributed by atoms with Crippen molar-refractivity contribution in [2.45, 2.75) is 25.7 Å². The first-order valence-electron chi connectivity index (χ1n) is 7.58. The standard InChI is InChI=1S/C16H19NO5/c18-15(11-3-1-2-4-12(11)16(19)20)17-10-5-6-13-14(9-10)22-8-7-21-13/h5-6,9,11-12H,1-4,7-8H2,(H,17,18)(H,19,20)/t11-,12+/m0/s1. The topological polar surface area (TPSA) is 84.9 Å². The second kappa shape index (κ2) is 6.25. The lowest BCUT2D eigenvalue weighted by molar-refractivity contribution is -0.147. The number of amides is 1. The van der Waals surface area contributed by atoms with E-state index in [0.717, 1.165) is 12.8 Å². The van der Waals surface area contributed by atoms with E-state index in [2.05, 4.69) is 5.32 Å². The Bertz CT molecular complexity index is 586. The maximum Gasteiger partial charge on any atom is 0.307 e. The van der Waals surface area contributed by atoms with Crippen LogP contribution in [0, 0.1) is 11.8 Å². The second-order valence-corrected chi connectivity index (χ2v) is 5.68. The Labute approximate surface area is 128 Å². The molecule has 1 aliphatic heterocycles. The summed E-state index contributed by atoms with van der Waals surface area (Å²) in [6.45, 7) is 0.995. The van der Waals surface area contributed by atoms with Crippen LogP contribution in [0.5, 0.6) is 11.5 Å². The van der Waals surface area contributed by atoms with Crippen molar-refractivity contribution in [2.75, 3.05) is 18.5 Å². The van der Waals surface area contributed by atoms with Gasteiger partial charge in [-0.3, -0.25) is 9.59 Å². The van der Waals surface area contributed by atoms with Gasteiger partial charge in [-0.1, -0.05) is 12.8 Å². The SMILES string of the molecule is O=C(Nc1ccc2c(c1)OCCO2)[C@H]1CCCC[C@H]1C(=O)O. The summed E-state index contributed by atoms with van der Waals surface area (Å²) in [6, 6.07) is 5.20. The number of rotatable bonds is 3. The molecular weight excluding hydrogens is 286 g/mol. The van der Waals surface area contributed by atoms with Crippen molar-refractivity contribution in [1.82, 2.24) is 0 Å². The van der Waals surface area contributed by atoms with Crippen LogP contribution in [-0.2, 0) is 9.59 Å². The summed E-state index contributed by atoms with van der Waals surface area (Å²) in [7, 11) is 0. The van der Waals surface area contributed by atoms with Gasteiger partial charge in [0.25, 0.3) is 0 Å². The molecule has 2 atom stereocenters. The number of nitrogens with one attached hydrogen (secondary N) is 1. The van der Waals surface area contributed by atoms with Crippen molar-refractivity contribution < 1.29 is 24.2 Å². The van der Waals surface area contributed by atoms with Crippen molar-refractivity contribution in [3.63, 3.8) is 0 Å². The molecule has 1 fully saturated rings. The highest BCUT2D eigenvalue weighted by Crippen LogP contribution is 2.34. The number of fused-ring (bicyclic) bond motifs is 1. The number of hydrogen-bond donors (Lipinski definition) is 2. The lowest BCUT2D eigenvalue weighted by Crippen LogP contribution is -2.36. The second-order valence-electron chi connectivity index (χ2n) is 5.68. The summed E-state index contributed by atoms with van der Waals surface area (Å²) in [5, 5.41) is 12.1. The van der Waals surface area contributed by atoms with Crippen molar-refractivity contribution in [2.24, 2.45) is 11.8 Å². The number of aliphatic carboxylic acids is 1. The average Bonchev–Trinajstić information content (AvgIpc) is 2.54. The minimum Gasteiger partial charge on any atom is -0.486 e. The van der Waals surface area contributed by atoms with Gasteiger partial charge < -0.3 is 19.9 Å². The first kappa shape index (κ1) is 14.7. The predicted molar refractivity (Wildman–Crippen MR) is 79.1 cm³/mol. The Kier molecular flexibility index (Phi) is 4.18. The third kappa shape index (κ3) is 3.00.